The largest absolute Gasteiger partial charge is 0.497 e. The van der Waals surface area contributed by atoms with Gasteiger partial charge in [0, 0.05) is 29.7 Å². The highest BCUT2D eigenvalue weighted by atomic mass is 16.5. The first-order chi connectivity index (χ1) is 8.54. The minimum atomic E-state index is -0.314. The SMILES string of the molecule is [2H][C@@H]([C@H](C)N(C)C)n1ccc2cc(OC)ccc21. The number of ether oxygens (including phenoxy) is 1. The number of likely N-dealkylation sites (N-methyl/N-ethyl adjacent to an activating group) is 1. The summed E-state index contributed by atoms with van der Waals surface area (Å²) < 4.78 is 15.5. The zero-order chi connectivity index (χ0) is 13.3. The van der Waals surface area contributed by atoms with Crippen LogP contribution in [0.3, 0.4) is 0 Å². The molecule has 0 fully saturated rings. The first kappa shape index (κ1) is 10.7. The van der Waals surface area contributed by atoms with E-state index in [9.17, 15) is 0 Å². The molecule has 0 N–H and O–H groups in total. The molecule has 1 heterocycles. The van der Waals surface area contributed by atoms with Crippen LogP contribution >= 0.6 is 0 Å². The molecule has 2 aromatic rings. The Morgan fingerprint density at radius 2 is 2.18 bits per heavy atom. The molecule has 0 saturated carbocycles. The van der Waals surface area contributed by atoms with Crippen molar-refractivity contribution >= 4 is 10.9 Å². The molecule has 0 aliphatic rings. The Balaban J connectivity index is 2.40. The van der Waals surface area contributed by atoms with Crippen LogP contribution in [0, 0.1) is 0 Å². The summed E-state index contributed by atoms with van der Waals surface area (Å²) in [6.45, 7) is 1.75. The van der Waals surface area contributed by atoms with Crippen molar-refractivity contribution in [2.45, 2.75) is 19.5 Å². The predicted molar refractivity (Wildman–Crippen MR) is 71.6 cm³/mol. The maximum atomic E-state index is 8.34. The quantitative estimate of drug-likeness (QED) is 0.807. The van der Waals surface area contributed by atoms with Crippen molar-refractivity contribution < 1.29 is 6.11 Å². The predicted octanol–water partition coefficient (Wildman–Crippen LogP) is 2.60. The number of nitrogens with zero attached hydrogens (tertiary/aromatic N) is 2. The van der Waals surface area contributed by atoms with Crippen LogP contribution < -0.4 is 4.74 Å². The summed E-state index contributed by atoms with van der Waals surface area (Å²) in [5.41, 5.74) is 1.07. The molecule has 1 aromatic heterocycles. The Morgan fingerprint density at radius 3 is 2.82 bits per heavy atom. The van der Waals surface area contributed by atoms with Crippen molar-refractivity contribution in [1.82, 2.24) is 9.47 Å². The average molecular weight is 233 g/mol. The number of methoxy groups -OCH3 is 1. The van der Waals surface area contributed by atoms with Crippen molar-refractivity contribution in [3.05, 3.63) is 30.5 Å². The van der Waals surface area contributed by atoms with Crippen LogP contribution in [0.2, 0.25) is 0 Å². The molecule has 3 nitrogen and oxygen atoms in total. The smallest absolute Gasteiger partial charge is 0.119 e. The Kier molecular flexibility index (Phi) is 3.01. The van der Waals surface area contributed by atoms with Crippen LogP contribution in [-0.2, 0) is 6.52 Å². The molecule has 0 radical (unpaired) electrons. The normalized spacial score (nSPS) is 15.9. The number of rotatable bonds is 4. The van der Waals surface area contributed by atoms with Gasteiger partial charge in [-0.15, -0.1) is 0 Å². The molecule has 0 bridgehead atoms. The summed E-state index contributed by atoms with van der Waals surface area (Å²) in [5.74, 6) is 0.849. The zero-order valence-corrected chi connectivity index (χ0v) is 10.8. The lowest BCUT2D eigenvalue weighted by molar-refractivity contribution is 0.286. The van der Waals surface area contributed by atoms with Crippen LogP contribution in [0.5, 0.6) is 5.75 Å². The molecule has 0 amide bonds. The van der Waals surface area contributed by atoms with Crippen molar-refractivity contribution in [3.8, 4) is 5.75 Å². The van der Waals surface area contributed by atoms with E-state index < -0.39 is 0 Å². The zero-order valence-electron chi connectivity index (χ0n) is 11.8. The summed E-state index contributed by atoms with van der Waals surface area (Å²) in [5, 5.41) is 1.11. The highest BCUT2D eigenvalue weighted by molar-refractivity contribution is 5.81. The van der Waals surface area contributed by atoms with E-state index in [0.717, 1.165) is 16.7 Å². The van der Waals surface area contributed by atoms with Crippen LogP contribution in [0.25, 0.3) is 10.9 Å². The van der Waals surface area contributed by atoms with E-state index in [-0.39, 0.29) is 12.6 Å². The molecule has 2 atom stereocenters. The van der Waals surface area contributed by atoms with E-state index in [0.29, 0.717) is 0 Å². The molecule has 0 spiro atoms. The van der Waals surface area contributed by atoms with Gasteiger partial charge in [-0.1, -0.05) is 0 Å². The van der Waals surface area contributed by atoms with Crippen molar-refractivity contribution in [2.24, 2.45) is 0 Å². The Bertz CT molecular complexity index is 536. The van der Waals surface area contributed by atoms with Gasteiger partial charge in [0.05, 0.1) is 8.48 Å². The Labute approximate surface area is 104 Å². The molecule has 92 valence electrons. The van der Waals surface area contributed by atoms with Crippen LogP contribution in [0.1, 0.15) is 8.29 Å². The maximum Gasteiger partial charge on any atom is 0.119 e. The lowest BCUT2D eigenvalue weighted by Crippen LogP contribution is -2.28. The van der Waals surface area contributed by atoms with E-state index in [1.807, 2.05) is 49.1 Å². The lowest BCUT2D eigenvalue weighted by Gasteiger charge is -2.20. The van der Waals surface area contributed by atoms with E-state index in [1.54, 1.807) is 7.11 Å². The van der Waals surface area contributed by atoms with Gasteiger partial charge >= 0.3 is 0 Å². The van der Waals surface area contributed by atoms with Crippen LogP contribution in [0.15, 0.2) is 30.5 Å². The molecule has 0 unspecified atom stereocenters. The first-order valence-electron chi connectivity index (χ1n) is 6.35. The highest BCUT2D eigenvalue weighted by Crippen LogP contribution is 2.22. The van der Waals surface area contributed by atoms with Gasteiger partial charge in [-0.05, 0) is 45.3 Å². The molecule has 1 aromatic carbocycles. The molecule has 17 heavy (non-hydrogen) atoms. The van der Waals surface area contributed by atoms with Gasteiger partial charge in [-0.25, -0.2) is 0 Å². The van der Waals surface area contributed by atoms with Crippen molar-refractivity contribution in [1.29, 1.82) is 0 Å². The molecule has 3 heteroatoms. The molecular formula is C14H20N2O. The average Bonchev–Trinajstić information content (AvgIpc) is 2.79. The number of hydrogen-bond donors (Lipinski definition) is 0. The summed E-state index contributed by atoms with van der Waals surface area (Å²) in [4.78, 5) is 2.06. The van der Waals surface area contributed by atoms with Gasteiger partial charge in [0.2, 0.25) is 0 Å². The second-order valence-corrected chi connectivity index (χ2v) is 4.50. The third-order valence-corrected chi connectivity index (χ3v) is 3.12. The minimum Gasteiger partial charge on any atom is -0.497 e. The van der Waals surface area contributed by atoms with Gasteiger partial charge in [0.25, 0.3) is 0 Å². The molecule has 0 aliphatic carbocycles. The van der Waals surface area contributed by atoms with Gasteiger partial charge in [-0.2, -0.15) is 0 Å². The summed E-state index contributed by atoms with van der Waals surface area (Å²) in [6.07, 6.45) is 1.97. The highest BCUT2D eigenvalue weighted by Gasteiger charge is 2.08. The van der Waals surface area contributed by atoms with E-state index in [1.165, 1.54) is 0 Å². The molecule has 0 saturated heterocycles. The van der Waals surface area contributed by atoms with Gasteiger partial charge in [0.15, 0.2) is 0 Å². The molecule has 2 rings (SSSR count). The fourth-order valence-corrected chi connectivity index (χ4v) is 1.76. The number of hydrogen-bond acceptors (Lipinski definition) is 2. The molecule has 0 aliphatic heterocycles. The van der Waals surface area contributed by atoms with Crippen molar-refractivity contribution in [3.63, 3.8) is 0 Å². The fourth-order valence-electron chi connectivity index (χ4n) is 1.76. The summed E-state index contributed by atoms with van der Waals surface area (Å²) in [7, 11) is 5.67. The molecular weight excluding hydrogens is 212 g/mol. The maximum absolute atomic E-state index is 8.34. The van der Waals surface area contributed by atoms with Gasteiger partial charge in [0.1, 0.15) is 5.75 Å². The third kappa shape index (κ3) is 2.44. The topological polar surface area (TPSA) is 17.4 Å². The minimum absolute atomic E-state index is 0.155. The first-order valence-corrected chi connectivity index (χ1v) is 5.78. The Morgan fingerprint density at radius 1 is 1.41 bits per heavy atom. The van der Waals surface area contributed by atoms with Gasteiger partial charge in [-0.3, -0.25) is 0 Å². The fraction of sp³-hybridized carbons (Fsp3) is 0.429. The summed E-state index contributed by atoms with van der Waals surface area (Å²) in [6, 6.07) is 8.13. The van der Waals surface area contributed by atoms with E-state index in [4.69, 9.17) is 6.11 Å². The third-order valence-electron chi connectivity index (χ3n) is 3.12. The second kappa shape index (κ2) is 4.80. The van der Waals surface area contributed by atoms with Crippen LogP contribution in [0.4, 0.5) is 0 Å². The lowest BCUT2D eigenvalue weighted by atomic mass is 10.2. The second-order valence-electron chi connectivity index (χ2n) is 4.50. The van der Waals surface area contributed by atoms with E-state index >= 15 is 0 Å². The van der Waals surface area contributed by atoms with E-state index in [2.05, 4.69) is 11.8 Å². The standard InChI is InChI=1S/C14H20N2O/c1-11(15(2)3)10-16-8-7-12-9-13(17-4)5-6-14(12)16/h5-9,11H,10H2,1-4H3/t11-/m0/s1/i10D/t10-,11-. The number of fused-ring (bicyclic) bond motifs is 1. The number of benzene rings is 1. The Hall–Kier alpha value is -1.48. The monoisotopic (exact) mass is 233 g/mol. The summed E-state index contributed by atoms with van der Waals surface area (Å²) >= 11 is 0. The number of aromatic nitrogens is 1. The van der Waals surface area contributed by atoms with Crippen molar-refractivity contribution in [2.75, 3.05) is 21.2 Å². The van der Waals surface area contributed by atoms with Crippen LogP contribution in [-0.4, -0.2) is 36.7 Å². The van der Waals surface area contributed by atoms with Gasteiger partial charge < -0.3 is 14.2 Å².